The van der Waals surface area contributed by atoms with Gasteiger partial charge in [-0.2, -0.15) is 0 Å². The minimum Gasteiger partial charge on any atom is -0.490 e. The number of benzene rings is 2. The van der Waals surface area contributed by atoms with Crippen molar-refractivity contribution in [3.63, 3.8) is 0 Å². The summed E-state index contributed by atoms with van der Waals surface area (Å²) in [5.41, 5.74) is 2.76. The first kappa shape index (κ1) is 37.8. The number of anilines is 1. The summed E-state index contributed by atoms with van der Waals surface area (Å²) in [6, 6.07) is 11.6. The number of amides is 2. The number of piperidine rings is 1. The second kappa shape index (κ2) is 14.8. The second-order valence-electron chi connectivity index (χ2n) is 17.0. The Kier molecular flexibility index (Phi) is 10.3. The van der Waals surface area contributed by atoms with E-state index in [4.69, 9.17) is 25.8 Å². The van der Waals surface area contributed by atoms with Crippen molar-refractivity contribution in [2.24, 2.45) is 23.7 Å². The van der Waals surface area contributed by atoms with Gasteiger partial charge in [-0.25, -0.2) is 13.1 Å². The number of nitrogens with one attached hydrogen (secondary N) is 1. The van der Waals surface area contributed by atoms with E-state index in [0.29, 0.717) is 43.8 Å². The Bertz CT molecular complexity index is 1920. The van der Waals surface area contributed by atoms with Gasteiger partial charge in [0.1, 0.15) is 12.4 Å². The van der Waals surface area contributed by atoms with Crippen molar-refractivity contribution in [1.82, 2.24) is 9.62 Å². The minimum atomic E-state index is -3.98. The molecule has 292 valence electrons. The van der Waals surface area contributed by atoms with Gasteiger partial charge < -0.3 is 24.0 Å². The first-order valence-corrected chi connectivity index (χ1v) is 21.8. The molecule has 2 saturated heterocycles. The molecule has 0 aromatic heterocycles. The third kappa shape index (κ3) is 6.96. The highest BCUT2D eigenvalue weighted by Gasteiger charge is 2.50. The van der Waals surface area contributed by atoms with Gasteiger partial charge in [0.15, 0.2) is 0 Å². The van der Waals surface area contributed by atoms with Crippen LogP contribution in [0.4, 0.5) is 5.69 Å². The van der Waals surface area contributed by atoms with Crippen LogP contribution in [0.5, 0.6) is 5.75 Å². The fraction of sp³-hybridized carbons (Fsp3) is 0.619. The van der Waals surface area contributed by atoms with E-state index in [1.165, 1.54) is 11.1 Å². The van der Waals surface area contributed by atoms with Crippen LogP contribution < -0.4 is 14.4 Å². The predicted molar refractivity (Wildman–Crippen MR) is 209 cm³/mol. The van der Waals surface area contributed by atoms with Crippen molar-refractivity contribution in [1.29, 1.82) is 0 Å². The average Bonchev–Trinajstić information content (AvgIpc) is 3.29. The number of carbonyl (C=O) groups excluding carboxylic acids is 2. The van der Waals surface area contributed by atoms with E-state index in [2.05, 4.69) is 33.9 Å². The van der Waals surface area contributed by atoms with E-state index in [0.717, 1.165) is 75.2 Å². The minimum absolute atomic E-state index is 0.0791. The summed E-state index contributed by atoms with van der Waals surface area (Å²) in [7, 11) is -2.16. The monoisotopic (exact) mass is 779 g/mol. The van der Waals surface area contributed by atoms with Gasteiger partial charge in [-0.15, -0.1) is 0 Å². The van der Waals surface area contributed by atoms with Crippen molar-refractivity contribution in [3.05, 3.63) is 70.3 Å². The van der Waals surface area contributed by atoms with Crippen LogP contribution in [0.1, 0.15) is 86.7 Å². The topological polar surface area (TPSA) is 114 Å². The first-order valence-electron chi connectivity index (χ1n) is 19.9. The molecule has 0 radical (unpaired) electrons. The maximum Gasteiger partial charge on any atom is 0.264 e. The number of allylic oxidation sites excluding steroid dienone is 1. The summed E-state index contributed by atoms with van der Waals surface area (Å²) < 4.78 is 48.7. The number of nitrogens with zero attached hydrogens (tertiary/aromatic N) is 2. The van der Waals surface area contributed by atoms with Gasteiger partial charge in [-0.3, -0.25) is 9.59 Å². The Morgan fingerprint density at radius 1 is 1.09 bits per heavy atom. The maximum absolute atomic E-state index is 13.7. The van der Waals surface area contributed by atoms with E-state index in [1.807, 2.05) is 37.1 Å². The zero-order valence-corrected chi connectivity index (χ0v) is 33.3. The molecule has 1 unspecified atom stereocenters. The van der Waals surface area contributed by atoms with Gasteiger partial charge in [-0.1, -0.05) is 36.7 Å². The standard InChI is InChI=1S/C42H54ClN3O7S/c1-27-6-4-16-42(51-3,21-29-14-17-46-34(18-29)23-52-24-39(46)47)36-11-8-32(36)22-45-25-41(15-5-7-30-19-33(43)10-12-35(30)41)26-53-38-13-9-31(20-37(38)45)40(48)44-54(49,50)28(27)2/h4,9-10,12-13,16,19-20,27-29,32,34,36H,5-8,11,14-15,17-18,21-26H2,1-3H3,(H,44,48)/b16-4+/t27-,28+,29?,32-,34-,36+,41-,42-/m0/s1. The van der Waals surface area contributed by atoms with Crippen molar-refractivity contribution < 1.29 is 32.2 Å². The first-order chi connectivity index (χ1) is 25.9. The van der Waals surface area contributed by atoms with Crippen molar-refractivity contribution in [3.8, 4) is 5.75 Å². The largest absolute Gasteiger partial charge is 0.490 e. The lowest BCUT2D eigenvalue weighted by Gasteiger charge is -2.52. The number of carbonyl (C=O) groups is 2. The number of methoxy groups -OCH3 is 1. The molecule has 4 heterocycles. The van der Waals surface area contributed by atoms with E-state index in [9.17, 15) is 18.0 Å². The lowest BCUT2D eigenvalue weighted by Crippen LogP contribution is -2.56. The number of aryl methyl sites for hydroxylation is 1. The van der Waals surface area contributed by atoms with Crippen LogP contribution in [0.3, 0.4) is 0 Å². The molecular weight excluding hydrogens is 726 g/mol. The fourth-order valence-electron chi connectivity index (χ4n) is 10.5. The van der Waals surface area contributed by atoms with Crippen LogP contribution in [0.15, 0.2) is 48.6 Å². The quantitative estimate of drug-likeness (QED) is 0.362. The third-order valence-electron chi connectivity index (χ3n) is 13.9. The zero-order chi connectivity index (χ0) is 37.8. The summed E-state index contributed by atoms with van der Waals surface area (Å²) in [5, 5.41) is -0.0709. The Balaban J connectivity index is 1.18. The Morgan fingerprint density at radius 2 is 1.94 bits per heavy atom. The molecule has 6 aliphatic rings. The van der Waals surface area contributed by atoms with Crippen LogP contribution in [0.25, 0.3) is 0 Å². The smallest absolute Gasteiger partial charge is 0.264 e. The Labute approximate surface area is 325 Å². The van der Waals surface area contributed by atoms with E-state index in [-0.39, 0.29) is 41.4 Å². The molecule has 1 saturated carbocycles. The molecule has 2 aromatic carbocycles. The van der Waals surface area contributed by atoms with Gasteiger partial charge >= 0.3 is 0 Å². The molecule has 1 N–H and O–H groups in total. The zero-order valence-electron chi connectivity index (χ0n) is 31.7. The highest BCUT2D eigenvalue weighted by atomic mass is 35.5. The summed E-state index contributed by atoms with van der Waals surface area (Å²) in [4.78, 5) is 30.7. The van der Waals surface area contributed by atoms with Crippen molar-refractivity contribution >= 4 is 39.1 Å². The number of morpholine rings is 1. The second-order valence-corrected chi connectivity index (χ2v) is 19.5. The van der Waals surface area contributed by atoms with Gasteiger partial charge in [0.2, 0.25) is 15.9 Å². The number of halogens is 1. The molecule has 1 spiro atoms. The molecule has 8 atom stereocenters. The van der Waals surface area contributed by atoms with Crippen molar-refractivity contribution in [2.75, 3.05) is 51.5 Å². The Morgan fingerprint density at radius 3 is 2.74 bits per heavy atom. The summed E-state index contributed by atoms with van der Waals surface area (Å²) >= 11 is 6.50. The summed E-state index contributed by atoms with van der Waals surface area (Å²) in [6.07, 6.45) is 12.5. The molecular formula is C42H54ClN3O7S. The highest BCUT2D eigenvalue weighted by Crippen LogP contribution is 2.51. The van der Waals surface area contributed by atoms with Crippen LogP contribution in [-0.4, -0.2) is 88.6 Å². The molecule has 8 rings (SSSR count). The molecule has 2 bridgehead atoms. The van der Waals surface area contributed by atoms with Crippen LogP contribution >= 0.6 is 11.6 Å². The SMILES string of the molecule is CO[C@]1(CC2CCN3C(=O)COC[C@@H]3C2)/C=C/C[C@H](C)[C@@H](C)S(=O)(=O)NC(=O)c2ccc3c(c2)N(C[C@@H]2CC[C@H]21)C[C@@]1(CCCc2cc(Cl)ccc21)CO3. The molecule has 2 aromatic rings. The highest BCUT2D eigenvalue weighted by molar-refractivity contribution is 7.90. The molecule has 12 heteroatoms. The van der Waals surface area contributed by atoms with E-state index >= 15 is 0 Å². The third-order valence-corrected chi connectivity index (χ3v) is 16.0. The van der Waals surface area contributed by atoms with E-state index < -0.39 is 26.8 Å². The summed E-state index contributed by atoms with van der Waals surface area (Å²) in [6.45, 7) is 6.98. The van der Waals surface area contributed by atoms with Gasteiger partial charge in [-0.05, 0) is 130 Å². The van der Waals surface area contributed by atoms with Crippen molar-refractivity contribution in [2.45, 2.75) is 93.9 Å². The maximum atomic E-state index is 13.7. The van der Waals surface area contributed by atoms with Gasteiger partial charge in [0.05, 0.1) is 35.8 Å². The predicted octanol–water partition coefficient (Wildman–Crippen LogP) is 6.30. The fourth-order valence-corrected chi connectivity index (χ4v) is 12.0. The number of ether oxygens (including phenoxy) is 3. The molecule has 4 aliphatic heterocycles. The van der Waals surface area contributed by atoms with Gasteiger partial charge in [0, 0.05) is 42.7 Å². The number of fused-ring (bicyclic) bond motifs is 5. The number of hydrogen-bond acceptors (Lipinski definition) is 8. The van der Waals surface area contributed by atoms with Crippen LogP contribution in [-0.2, 0) is 36.1 Å². The average molecular weight is 780 g/mol. The summed E-state index contributed by atoms with van der Waals surface area (Å²) in [5.74, 6) is 0.751. The molecule has 54 heavy (non-hydrogen) atoms. The molecule has 2 amide bonds. The molecule has 10 nitrogen and oxygen atoms in total. The number of sulfonamides is 1. The van der Waals surface area contributed by atoms with Crippen LogP contribution in [0.2, 0.25) is 5.02 Å². The number of hydrogen-bond donors (Lipinski definition) is 1. The lowest BCUT2D eigenvalue weighted by molar-refractivity contribution is -0.153. The van der Waals surface area contributed by atoms with Crippen LogP contribution in [0, 0.1) is 23.7 Å². The molecule has 3 fully saturated rings. The van der Waals surface area contributed by atoms with E-state index in [1.54, 1.807) is 13.0 Å². The Hall–Kier alpha value is -3.12. The van der Waals surface area contributed by atoms with Gasteiger partial charge in [0.25, 0.3) is 5.91 Å². The number of rotatable bonds is 3. The normalized spacial score (nSPS) is 35.7. The lowest BCUT2D eigenvalue weighted by atomic mass is 9.61. The molecule has 2 aliphatic carbocycles.